The third kappa shape index (κ3) is 2.56. The minimum atomic E-state index is -0.129. The van der Waals surface area contributed by atoms with E-state index in [2.05, 4.69) is 17.3 Å². The molecule has 1 aliphatic carbocycles. The van der Waals surface area contributed by atoms with Crippen LogP contribution in [0.5, 0.6) is 0 Å². The molecule has 2 atom stereocenters. The molecular formula is C17H25N5O2. The van der Waals surface area contributed by atoms with Gasteiger partial charge in [0.15, 0.2) is 5.82 Å². The largest absolute Gasteiger partial charge is 0.343 e. The van der Waals surface area contributed by atoms with Crippen molar-refractivity contribution < 1.29 is 9.59 Å². The van der Waals surface area contributed by atoms with Crippen LogP contribution in [0.3, 0.4) is 0 Å². The van der Waals surface area contributed by atoms with Crippen LogP contribution < -0.4 is 5.32 Å². The van der Waals surface area contributed by atoms with Gasteiger partial charge in [-0.15, -0.1) is 0 Å². The number of piperidine rings is 1. The Morgan fingerprint density at radius 2 is 2.17 bits per heavy atom. The number of fused-ring (bicyclic) bond motifs is 1. The Morgan fingerprint density at radius 1 is 1.38 bits per heavy atom. The van der Waals surface area contributed by atoms with Gasteiger partial charge in [-0.3, -0.25) is 14.8 Å². The van der Waals surface area contributed by atoms with Gasteiger partial charge in [-0.2, -0.15) is 5.10 Å². The maximum Gasteiger partial charge on any atom is 0.323 e. The average Bonchev–Trinajstić information content (AvgIpc) is 3.28. The second kappa shape index (κ2) is 5.79. The predicted octanol–water partition coefficient (Wildman–Crippen LogP) is 1.86. The lowest BCUT2D eigenvalue weighted by molar-refractivity contribution is -0.130. The zero-order valence-electron chi connectivity index (χ0n) is 14.4. The number of rotatable bonds is 3. The molecule has 0 spiro atoms. The molecule has 0 bridgehead atoms. The number of aromatic nitrogens is 2. The second-order valence-electron chi connectivity index (χ2n) is 7.20. The Morgan fingerprint density at radius 3 is 2.88 bits per heavy atom. The molecule has 0 radical (unpaired) electrons. The van der Waals surface area contributed by atoms with Crippen molar-refractivity contribution in [3.05, 3.63) is 11.8 Å². The Labute approximate surface area is 142 Å². The smallest absolute Gasteiger partial charge is 0.323 e. The van der Waals surface area contributed by atoms with E-state index in [0.717, 1.165) is 19.4 Å². The molecule has 3 amide bonds. The fraction of sp³-hybridized carbons (Fsp3) is 0.706. The van der Waals surface area contributed by atoms with Crippen molar-refractivity contribution in [3.63, 3.8) is 0 Å². The maximum absolute atomic E-state index is 12.8. The summed E-state index contributed by atoms with van der Waals surface area (Å²) in [5.41, 5.74) is 1.22. The molecule has 3 aliphatic rings. The molecule has 1 aromatic heterocycles. The van der Waals surface area contributed by atoms with Crippen LogP contribution in [-0.2, 0) is 11.3 Å². The summed E-state index contributed by atoms with van der Waals surface area (Å²) in [6.45, 7) is 4.22. The van der Waals surface area contributed by atoms with E-state index in [4.69, 9.17) is 0 Å². The molecule has 3 heterocycles. The number of anilines is 1. The molecule has 1 saturated carbocycles. The van der Waals surface area contributed by atoms with Crippen molar-refractivity contribution in [3.8, 4) is 0 Å². The van der Waals surface area contributed by atoms with Crippen LogP contribution in [0.15, 0.2) is 6.07 Å². The quantitative estimate of drug-likeness (QED) is 0.919. The number of carbonyl (C=O) groups is 2. The van der Waals surface area contributed by atoms with Crippen LogP contribution in [-0.4, -0.2) is 57.7 Å². The van der Waals surface area contributed by atoms with Gasteiger partial charge in [0.05, 0.1) is 12.0 Å². The Kier molecular flexibility index (Phi) is 3.73. The van der Waals surface area contributed by atoms with Crippen molar-refractivity contribution in [2.45, 2.75) is 51.1 Å². The number of likely N-dealkylation sites (tertiary alicyclic amines) is 2. The van der Waals surface area contributed by atoms with E-state index in [0.29, 0.717) is 24.8 Å². The molecule has 4 rings (SSSR count). The summed E-state index contributed by atoms with van der Waals surface area (Å²) in [6.07, 6.45) is 4.19. The molecule has 1 N–H and O–H groups in total. The Balaban J connectivity index is 1.49. The highest BCUT2D eigenvalue weighted by atomic mass is 16.2. The van der Waals surface area contributed by atoms with E-state index in [-0.39, 0.29) is 23.9 Å². The van der Waals surface area contributed by atoms with Crippen molar-refractivity contribution in [1.29, 1.82) is 0 Å². The van der Waals surface area contributed by atoms with E-state index < -0.39 is 0 Å². The second-order valence-corrected chi connectivity index (χ2v) is 7.20. The van der Waals surface area contributed by atoms with Gasteiger partial charge in [-0.05, 0) is 32.6 Å². The normalized spacial score (nSPS) is 26.7. The molecule has 1 aromatic rings. The number of hydrogen-bond donors (Lipinski definition) is 1. The van der Waals surface area contributed by atoms with Crippen molar-refractivity contribution >= 4 is 17.8 Å². The minimum Gasteiger partial charge on any atom is -0.343 e. The highest BCUT2D eigenvalue weighted by Crippen LogP contribution is 2.41. The molecule has 7 nitrogen and oxygen atoms in total. The molecule has 0 aromatic carbocycles. The van der Waals surface area contributed by atoms with Crippen molar-refractivity contribution in [2.75, 3.05) is 25.5 Å². The zero-order valence-corrected chi connectivity index (χ0v) is 14.4. The van der Waals surface area contributed by atoms with Gasteiger partial charge < -0.3 is 9.80 Å². The third-order valence-corrected chi connectivity index (χ3v) is 5.54. The van der Waals surface area contributed by atoms with Crippen LogP contribution in [0.4, 0.5) is 10.6 Å². The van der Waals surface area contributed by atoms with Crippen LogP contribution in [0.1, 0.15) is 44.2 Å². The fourth-order valence-electron chi connectivity index (χ4n) is 4.11. The van der Waals surface area contributed by atoms with Crippen LogP contribution >= 0.6 is 0 Å². The molecule has 24 heavy (non-hydrogen) atoms. The Hall–Kier alpha value is -2.05. The number of aryl methyl sites for hydroxylation is 1. The van der Waals surface area contributed by atoms with E-state index in [9.17, 15) is 9.59 Å². The number of hydrogen-bond acceptors (Lipinski definition) is 3. The van der Waals surface area contributed by atoms with Crippen LogP contribution in [0.25, 0.3) is 0 Å². The van der Waals surface area contributed by atoms with Gasteiger partial charge in [0.1, 0.15) is 0 Å². The van der Waals surface area contributed by atoms with Gasteiger partial charge in [0, 0.05) is 44.4 Å². The van der Waals surface area contributed by atoms with Crippen molar-refractivity contribution in [1.82, 2.24) is 19.6 Å². The molecule has 7 heteroatoms. The van der Waals surface area contributed by atoms with E-state index in [1.165, 1.54) is 18.5 Å². The topological polar surface area (TPSA) is 70.5 Å². The number of likely N-dealkylation sites (N-methyl/N-ethyl adjacent to an activating group) is 1. The van der Waals surface area contributed by atoms with Gasteiger partial charge >= 0.3 is 6.03 Å². The molecule has 3 fully saturated rings. The predicted molar refractivity (Wildman–Crippen MR) is 89.7 cm³/mol. The summed E-state index contributed by atoms with van der Waals surface area (Å²) in [5, 5.41) is 7.48. The van der Waals surface area contributed by atoms with Gasteiger partial charge in [0.25, 0.3) is 0 Å². The van der Waals surface area contributed by atoms with Crippen molar-refractivity contribution in [2.24, 2.45) is 5.92 Å². The van der Waals surface area contributed by atoms with Gasteiger partial charge in [-0.25, -0.2) is 4.79 Å². The van der Waals surface area contributed by atoms with Crippen LogP contribution in [0.2, 0.25) is 0 Å². The fourth-order valence-corrected chi connectivity index (χ4v) is 4.11. The number of nitrogens with zero attached hydrogens (tertiary/aromatic N) is 4. The SMILES string of the molecule is CCn1nc(NC(=O)N2CCC[C@H]3C(=O)N(C)C[C@H]32)cc1C1CC1. The van der Waals surface area contributed by atoms with E-state index in [1.54, 1.807) is 4.90 Å². The number of amides is 3. The highest BCUT2D eigenvalue weighted by molar-refractivity contribution is 5.90. The molecular weight excluding hydrogens is 306 g/mol. The summed E-state index contributed by atoms with van der Waals surface area (Å²) in [4.78, 5) is 28.5. The monoisotopic (exact) mass is 331 g/mol. The summed E-state index contributed by atoms with van der Waals surface area (Å²) < 4.78 is 1.99. The first-order chi connectivity index (χ1) is 11.6. The molecule has 0 unspecified atom stereocenters. The third-order valence-electron chi connectivity index (χ3n) is 5.54. The summed E-state index contributed by atoms with van der Waals surface area (Å²) >= 11 is 0. The lowest BCUT2D eigenvalue weighted by atomic mass is 9.92. The zero-order chi connectivity index (χ0) is 16.8. The molecule has 2 aliphatic heterocycles. The van der Waals surface area contributed by atoms with E-state index in [1.807, 2.05) is 22.7 Å². The lowest BCUT2D eigenvalue weighted by Crippen LogP contribution is -2.50. The summed E-state index contributed by atoms with van der Waals surface area (Å²) in [7, 11) is 1.82. The van der Waals surface area contributed by atoms with Gasteiger partial charge in [0.2, 0.25) is 5.91 Å². The number of carbonyl (C=O) groups excluding carboxylic acids is 2. The summed E-state index contributed by atoms with van der Waals surface area (Å²) in [6, 6.07) is 1.87. The van der Waals surface area contributed by atoms with Crippen LogP contribution in [0, 0.1) is 5.92 Å². The minimum absolute atomic E-state index is 0.00702. The van der Waals surface area contributed by atoms with Gasteiger partial charge in [-0.1, -0.05) is 0 Å². The first-order valence-electron chi connectivity index (χ1n) is 8.98. The lowest BCUT2D eigenvalue weighted by Gasteiger charge is -2.35. The molecule has 130 valence electrons. The number of urea groups is 1. The standard InChI is InChI=1S/C17H25N5O2/c1-3-22-13(11-6-7-11)9-15(19-22)18-17(24)21-8-4-5-12-14(21)10-20(2)16(12)23/h9,11-12,14H,3-8,10H2,1-2H3,(H,18,19,24)/t12-,14-/m1/s1. The highest BCUT2D eigenvalue weighted by Gasteiger charge is 2.45. The summed E-state index contributed by atoms with van der Waals surface area (Å²) in [5.74, 6) is 1.36. The first kappa shape index (κ1) is 15.5. The average molecular weight is 331 g/mol. The molecule has 2 saturated heterocycles. The first-order valence-corrected chi connectivity index (χ1v) is 8.98. The maximum atomic E-state index is 12.8. The van der Waals surface area contributed by atoms with E-state index >= 15 is 0 Å². The Bertz CT molecular complexity index is 666. The number of nitrogens with one attached hydrogen (secondary N) is 1.